The van der Waals surface area contributed by atoms with Crippen molar-refractivity contribution in [1.29, 1.82) is 0 Å². The molecule has 0 aromatic carbocycles. The standard InChI is InChI=1S/C21H36ClN/c1-3-5-6-7-8-9-10-11-12-13-14-15-16-19-20(22)17-18-23-21(19)4-2/h17-18H,3-16H2,1-2H3. The Morgan fingerprint density at radius 2 is 1.30 bits per heavy atom. The smallest absolute Gasteiger partial charge is 0.0471 e. The van der Waals surface area contributed by atoms with Crippen LogP contribution in [-0.2, 0) is 12.8 Å². The van der Waals surface area contributed by atoms with Crippen LogP contribution in [0.2, 0.25) is 5.02 Å². The maximum atomic E-state index is 6.31. The van der Waals surface area contributed by atoms with Crippen molar-refractivity contribution in [3.05, 3.63) is 28.5 Å². The molecule has 0 aliphatic carbocycles. The molecule has 1 nitrogen and oxygen atoms in total. The van der Waals surface area contributed by atoms with E-state index in [4.69, 9.17) is 11.6 Å². The highest BCUT2D eigenvalue weighted by Gasteiger charge is 2.06. The summed E-state index contributed by atoms with van der Waals surface area (Å²) in [5, 5.41) is 0.903. The fraction of sp³-hybridized carbons (Fsp3) is 0.762. The van der Waals surface area contributed by atoms with Gasteiger partial charge >= 0.3 is 0 Å². The highest BCUT2D eigenvalue weighted by molar-refractivity contribution is 6.31. The predicted octanol–water partition coefficient (Wildman–Crippen LogP) is 7.54. The summed E-state index contributed by atoms with van der Waals surface area (Å²) >= 11 is 6.31. The van der Waals surface area contributed by atoms with Crippen molar-refractivity contribution in [3.8, 4) is 0 Å². The lowest BCUT2D eigenvalue weighted by Gasteiger charge is -2.09. The van der Waals surface area contributed by atoms with E-state index in [1.54, 1.807) is 0 Å². The third-order valence-corrected chi connectivity index (χ3v) is 5.06. The van der Waals surface area contributed by atoms with Gasteiger partial charge in [0.2, 0.25) is 0 Å². The van der Waals surface area contributed by atoms with E-state index in [1.165, 1.54) is 88.3 Å². The topological polar surface area (TPSA) is 12.9 Å². The molecule has 0 fully saturated rings. The number of nitrogens with zero attached hydrogens (tertiary/aromatic N) is 1. The number of halogens is 1. The van der Waals surface area contributed by atoms with Crippen molar-refractivity contribution in [2.75, 3.05) is 0 Å². The number of pyridine rings is 1. The molecule has 0 spiro atoms. The van der Waals surface area contributed by atoms with Gasteiger partial charge in [-0.15, -0.1) is 0 Å². The van der Waals surface area contributed by atoms with Gasteiger partial charge in [-0.05, 0) is 30.9 Å². The largest absolute Gasteiger partial charge is 0.261 e. The minimum atomic E-state index is 0.903. The summed E-state index contributed by atoms with van der Waals surface area (Å²) in [5.74, 6) is 0. The van der Waals surface area contributed by atoms with E-state index in [0.717, 1.165) is 17.9 Å². The maximum absolute atomic E-state index is 6.31. The summed E-state index contributed by atoms with van der Waals surface area (Å²) in [4.78, 5) is 4.45. The van der Waals surface area contributed by atoms with Crippen LogP contribution < -0.4 is 0 Å². The monoisotopic (exact) mass is 337 g/mol. The van der Waals surface area contributed by atoms with Crippen LogP contribution in [0.25, 0.3) is 0 Å². The lowest BCUT2D eigenvalue weighted by atomic mass is 10.0. The lowest BCUT2D eigenvalue weighted by Crippen LogP contribution is -1.97. The summed E-state index contributed by atoms with van der Waals surface area (Å²) in [6.07, 6.45) is 20.6. The molecule has 0 saturated carbocycles. The van der Waals surface area contributed by atoms with Crippen molar-refractivity contribution >= 4 is 11.6 Å². The third kappa shape index (κ3) is 9.35. The molecule has 1 aromatic rings. The number of aryl methyl sites for hydroxylation is 1. The first-order valence-electron chi connectivity index (χ1n) is 9.91. The molecule has 0 amide bonds. The summed E-state index contributed by atoms with van der Waals surface area (Å²) < 4.78 is 0. The van der Waals surface area contributed by atoms with Crippen LogP contribution in [0.1, 0.15) is 102 Å². The van der Waals surface area contributed by atoms with Crippen LogP contribution in [0.15, 0.2) is 12.3 Å². The summed E-state index contributed by atoms with van der Waals surface area (Å²) in [7, 11) is 0. The van der Waals surface area contributed by atoms with Gasteiger partial charge in [-0.2, -0.15) is 0 Å². The van der Waals surface area contributed by atoms with Crippen molar-refractivity contribution in [3.63, 3.8) is 0 Å². The molecular weight excluding hydrogens is 302 g/mol. The quantitative estimate of drug-likeness (QED) is 0.319. The number of hydrogen-bond donors (Lipinski definition) is 0. The highest BCUT2D eigenvalue weighted by Crippen LogP contribution is 2.21. The second-order valence-electron chi connectivity index (χ2n) is 6.71. The van der Waals surface area contributed by atoms with E-state index < -0.39 is 0 Å². The van der Waals surface area contributed by atoms with Crippen LogP contribution >= 0.6 is 11.6 Å². The molecule has 0 aliphatic rings. The zero-order valence-corrected chi connectivity index (χ0v) is 16.1. The van der Waals surface area contributed by atoms with Crippen LogP contribution in [-0.4, -0.2) is 4.98 Å². The van der Waals surface area contributed by atoms with Crippen molar-refractivity contribution in [2.24, 2.45) is 0 Å². The van der Waals surface area contributed by atoms with Gasteiger partial charge in [0.05, 0.1) is 0 Å². The van der Waals surface area contributed by atoms with Gasteiger partial charge in [0.1, 0.15) is 0 Å². The summed E-state index contributed by atoms with van der Waals surface area (Å²) in [6, 6.07) is 1.93. The second kappa shape index (κ2) is 13.8. The maximum Gasteiger partial charge on any atom is 0.0471 e. The molecule has 1 heterocycles. The molecular formula is C21H36ClN. The molecule has 1 rings (SSSR count). The number of hydrogen-bond acceptors (Lipinski definition) is 1. The first kappa shape index (κ1) is 20.5. The molecule has 0 aliphatic heterocycles. The molecule has 23 heavy (non-hydrogen) atoms. The Hall–Kier alpha value is -0.560. The predicted molar refractivity (Wildman–Crippen MR) is 103 cm³/mol. The average molecular weight is 338 g/mol. The van der Waals surface area contributed by atoms with Gasteiger partial charge in [-0.3, -0.25) is 4.98 Å². The molecule has 132 valence electrons. The number of rotatable bonds is 14. The minimum absolute atomic E-state index is 0.903. The molecule has 0 radical (unpaired) electrons. The van der Waals surface area contributed by atoms with Gasteiger partial charge in [-0.25, -0.2) is 0 Å². The first-order chi connectivity index (χ1) is 11.3. The molecule has 0 atom stereocenters. The van der Waals surface area contributed by atoms with Crippen LogP contribution in [0.4, 0.5) is 0 Å². The van der Waals surface area contributed by atoms with E-state index in [9.17, 15) is 0 Å². The van der Waals surface area contributed by atoms with Gasteiger partial charge < -0.3 is 0 Å². The summed E-state index contributed by atoms with van der Waals surface area (Å²) in [6.45, 7) is 4.44. The molecule has 2 heteroatoms. The van der Waals surface area contributed by atoms with Gasteiger partial charge in [-0.1, -0.05) is 96.1 Å². The first-order valence-corrected chi connectivity index (χ1v) is 10.3. The lowest BCUT2D eigenvalue weighted by molar-refractivity contribution is 0.543. The number of aromatic nitrogens is 1. The van der Waals surface area contributed by atoms with Crippen molar-refractivity contribution < 1.29 is 0 Å². The normalized spacial score (nSPS) is 11.1. The van der Waals surface area contributed by atoms with Gasteiger partial charge in [0, 0.05) is 16.9 Å². The molecule has 0 saturated heterocycles. The molecule has 0 N–H and O–H groups in total. The van der Waals surface area contributed by atoms with Crippen LogP contribution in [0.5, 0.6) is 0 Å². The Morgan fingerprint density at radius 3 is 1.83 bits per heavy atom. The molecule has 1 aromatic heterocycles. The zero-order valence-electron chi connectivity index (χ0n) is 15.4. The Bertz CT molecular complexity index is 403. The van der Waals surface area contributed by atoms with E-state index in [0.29, 0.717) is 0 Å². The van der Waals surface area contributed by atoms with Gasteiger partial charge in [0.25, 0.3) is 0 Å². The summed E-state index contributed by atoms with van der Waals surface area (Å²) in [5.41, 5.74) is 2.46. The highest BCUT2D eigenvalue weighted by atomic mass is 35.5. The van der Waals surface area contributed by atoms with Crippen molar-refractivity contribution in [2.45, 2.75) is 104 Å². The Morgan fingerprint density at radius 1 is 0.783 bits per heavy atom. The minimum Gasteiger partial charge on any atom is -0.261 e. The van der Waals surface area contributed by atoms with E-state index in [1.807, 2.05) is 12.3 Å². The Labute approximate surface area is 149 Å². The SMILES string of the molecule is CCCCCCCCCCCCCCc1c(Cl)ccnc1CC. The third-order valence-electron chi connectivity index (χ3n) is 4.70. The zero-order chi connectivity index (χ0) is 16.8. The number of unbranched alkanes of at least 4 members (excludes halogenated alkanes) is 11. The fourth-order valence-electron chi connectivity index (χ4n) is 3.22. The van der Waals surface area contributed by atoms with Crippen LogP contribution in [0.3, 0.4) is 0 Å². The fourth-order valence-corrected chi connectivity index (χ4v) is 3.48. The van der Waals surface area contributed by atoms with Crippen molar-refractivity contribution in [1.82, 2.24) is 4.98 Å². The average Bonchev–Trinajstić information content (AvgIpc) is 2.57. The molecule has 0 bridgehead atoms. The van der Waals surface area contributed by atoms with E-state index in [2.05, 4.69) is 18.8 Å². The van der Waals surface area contributed by atoms with Crippen LogP contribution in [0, 0.1) is 0 Å². The van der Waals surface area contributed by atoms with E-state index >= 15 is 0 Å². The van der Waals surface area contributed by atoms with E-state index in [-0.39, 0.29) is 0 Å². The Balaban J connectivity index is 1.98. The van der Waals surface area contributed by atoms with Gasteiger partial charge in [0.15, 0.2) is 0 Å². The second-order valence-corrected chi connectivity index (χ2v) is 7.12. The molecule has 0 unspecified atom stereocenters. The Kier molecular flexibility index (Phi) is 12.3.